The Balaban J connectivity index is 1.86. The van der Waals surface area contributed by atoms with Crippen LogP contribution in [0.25, 0.3) is 0 Å². The number of nitrogens with two attached hydrogens (primary N) is 1. The molecular weight excluding hydrogens is 162 g/mol. The monoisotopic (exact) mass is 183 g/mol. The van der Waals surface area contributed by atoms with Crippen LogP contribution in [0.2, 0.25) is 0 Å². The van der Waals surface area contributed by atoms with Crippen molar-refractivity contribution < 1.29 is 4.74 Å². The zero-order chi connectivity index (χ0) is 9.10. The van der Waals surface area contributed by atoms with E-state index < -0.39 is 0 Å². The quantitative estimate of drug-likeness (QED) is 0.724. The summed E-state index contributed by atoms with van der Waals surface area (Å²) >= 11 is 0. The van der Waals surface area contributed by atoms with Crippen LogP contribution in [0.1, 0.15) is 32.1 Å². The summed E-state index contributed by atoms with van der Waals surface area (Å²) in [6.07, 6.45) is 6.79. The SMILES string of the molecule is NCC(C1CCC1)C1CCOCC1. The highest BCUT2D eigenvalue weighted by atomic mass is 16.5. The van der Waals surface area contributed by atoms with Crippen LogP contribution in [0.15, 0.2) is 0 Å². The van der Waals surface area contributed by atoms with Crippen LogP contribution >= 0.6 is 0 Å². The lowest BCUT2D eigenvalue weighted by atomic mass is 9.69. The highest BCUT2D eigenvalue weighted by molar-refractivity contribution is 4.84. The Kier molecular flexibility index (Phi) is 3.23. The van der Waals surface area contributed by atoms with Gasteiger partial charge in [-0.15, -0.1) is 0 Å². The van der Waals surface area contributed by atoms with Gasteiger partial charge in [0.15, 0.2) is 0 Å². The molecule has 1 saturated carbocycles. The molecule has 0 amide bonds. The van der Waals surface area contributed by atoms with Crippen molar-refractivity contribution in [3.63, 3.8) is 0 Å². The van der Waals surface area contributed by atoms with Gasteiger partial charge in [0.05, 0.1) is 0 Å². The fraction of sp³-hybridized carbons (Fsp3) is 1.00. The van der Waals surface area contributed by atoms with Gasteiger partial charge in [0, 0.05) is 13.2 Å². The van der Waals surface area contributed by atoms with E-state index in [-0.39, 0.29) is 0 Å². The third-order valence-electron chi connectivity index (χ3n) is 3.90. The van der Waals surface area contributed by atoms with Crippen molar-refractivity contribution in [3.8, 4) is 0 Å². The van der Waals surface area contributed by atoms with Gasteiger partial charge in [-0.25, -0.2) is 0 Å². The Morgan fingerprint density at radius 1 is 1.08 bits per heavy atom. The van der Waals surface area contributed by atoms with E-state index in [0.29, 0.717) is 0 Å². The third-order valence-corrected chi connectivity index (χ3v) is 3.90. The average Bonchev–Trinajstić information content (AvgIpc) is 2.12. The lowest BCUT2D eigenvalue weighted by Crippen LogP contribution is -2.36. The largest absolute Gasteiger partial charge is 0.381 e. The molecular formula is C11H21NO. The predicted octanol–water partition coefficient (Wildman–Crippen LogP) is 1.79. The molecule has 2 fully saturated rings. The molecule has 1 saturated heterocycles. The van der Waals surface area contributed by atoms with E-state index in [1.165, 1.54) is 32.1 Å². The number of rotatable bonds is 3. The Labute approximate surface area is 80.8 Å². The van der Waals surface area contributed by atoms with E-state index in [4.69, 9.17) is 10.5 Å². The summed E-state index contributed by atoms with van der Waals surface area (Å²) in [5, 5.41) is 0. The van der Waals surface area contributed by atoms with Crippen LogP contribution in [0, 0.1) is 17.8 Å². The molecule has 1 aliphatic heterocycles. The topological polar surface area (TPSA) is 35.2 Å². The van der Waals surface area contributed by atoms with Crippen LogP contribution in [-0.4, -0.2) is 19.8 Å². The third kappa shape index (κ3) is 2.05. The molecule has 2 aliphatic rings. The van der Waals surface area contributed by atoms with Crippen molar-refractivity contribution in [2.45, 2.75) is 32.1 Å². The van der Waals surface area contributed by atoms with Crippen LogP contribution < -0.4 is 5.73 Å². The molecule has 1 heterocycles. The molecule has 76 valence electrons. The molecule has 2 N–H and O–H groups in total. The van der Waals surface area contributed by atoms with Gasteiger partial charge < -0.3 is 10.5 Å². The van der Waals surface area contributed by atoms with Crippen LogP contribution in [0.3, 0.4) is 0 Å². The van der Waals surface area contributed by atoms with Gasteiger partial charge in [-0.3, -0.25) is 0 Å². The summed E-state index contributed by atoms with van der Waals surface area (Å²) in [4.78, 5) is 0. The highest BCUT2D eigenvalue weighted by Gasteiger charge is 2.32. The predicted molar refractivity (Wildman–Crippen MR) is 53.4 cm³/mol. The zero-order valence-corrected chi connectivity index (χ0v) is 8.37. The smallest absolute Gasteiger partial charge is 0.0468 e. The van der Waals surface area contributed by atoms with Crippen molar-refractivity contribution in [1.82, 2.24) is 0 Å². The Morgan fingerprint density at radius 3 is 2.15 bits per heavy atom. The van der Waals surface area contributed by atoms with Gasteiger partial charge >= 0.3 is 0 Å². The van der Waals surface area contributed by atoms with Gasteiger partial charge in [-0.2, -0.15) is 0 Å². The summed E-state index contributed by atoms with van der Waals surface area (Å²) in [6.45, 7) is 2.83. The summed E-state index contributed by atoms with van der Waals surface area (Å²) in [6, 6.07) is 0. The molecule has 1 aliphatic carbocycles. The first kappa shape index (κ1) is 9.47. The van der Waals surface area contributed by atoms with Crippen molar-refractivity contribution in [2.24, 2.45) is 23.5 Å². The Morgan fingerprint density at radius 2 is 1.69 bits per heavy atom. The molecule has 0 aromatic carbocycles. The molecule has 2 nitrogen and oxygen atoms in total. The molecule has 2 heteroatoms. The maximum Gasteiger partial charge on any atom is 0.0468 e. The fourth-order valence-electron chi connectivity index (χ4n) is 2.78. The first-order chi connectivity index (χ1) is 6.42. The van der Waals surface area contributed by atoms with Crippen molar-refractivity contribution >= 4 is 0 Å². The lowest BCUT2D eigenvalue weighted by molar-refractivity contribution is 0.0241. The number of hydrogen-bond donors (Lipinski definition) is 1. The first-order valence-electron chi connectivity index (χ1n) is 5.69. The fourth-order valence-corrected chi connectivity index (χ4v) is 2.78. The molecule has 2 rings (SSSR count). The molecule has 0 bridgehead atoms. The molecule has 0 spiro atoms. The zero-order valence-electron chi connectivity index (χ0n) is 8.37. The second-order valence-electron chi connectivity index (χ2n) is 4.54. The maximum absolute atomic E-state index is 5.87. The van der Waals surface area contributed by atoms with E-state index >= 15 is 0 Å². The summed E-state index contributed by atoms with van der Waals surface area (Å²) < 4.78 is 5.38. The number of hydrogen-bond acceptors (Lipinski definition) is 2. The Hall–Kier alpha value is -0.0800. The normalized spacial score (nSPS) is 28.4. The minimum absolute atomic E-state index is 0.803. The van der Waals surface area contributed by atoms with Gasteiger partial charge in [0.25, 0.3) is 0 Å². The van der Waals surface area contributed by atoms with Crippen LogP contribution in [0.5, 0.6) is 0 Å². The molecule has 1 unspecified atom stereocenters. The van der Waals surface area contributed by atoms with Gasteiger partial charge in [-0.05, 0) is 37.1 Å². The summed E-state index contributed by atoms with van der Waals surface area (Å²) in [5.74, 6) is 2.62. The van der Waals surface area contributed by atoms with Crippen molar-refractivity contribution in [1.29, 1.82) is 0 Å². The van der Waals surface area contributed by atoms with Crippen LogP contribution in [-0.2, 0) is 4.74 Å². The molecule has 0 aromatic heterocycles. The average molecular weight is 183 g/mol. The van der Waals surface area contributed by atoms with Crippen molar-refractivity contribution in [2.75, 3.05) is 19.8 Å². The second-order valence-corrected chi connectivity index (χ2v) is 4.54. The van der Waals surface area contributed by atoms with Gasteiger partial charge in [-0.1, -0.05) is 19.3 Å². The minimum Gasteiger partial charge on any atom is -0.381 e. The first-order valence-corrected chi connectivity index (χ1v) is 5.69. The van der Waals surface area contributed by atoms with Crippen LogP contribution in [0.4, 0.5) is 0 Å². The van der Waals surface area contributed by atoms with E-state index in [0.717, 1.165) is 37.5 Å². The van der Waals surface area contributed by atoms with Crippen molar-refractivity contribution in [3.05, 3.63) is 0 Å². The van der Waals surface area contributed by atoms with E-state index in [1.54, 1.807) is 0 Å². The Bertz CT molecular complexity index is 150. The van der Waals surface area contributed by atoms with E-state index in [9.17, 15) is 0 Å². The molecule has 0 aromatic rings. The maximum atomic E-state index is 5.87. The van der Waals surface area contributed by atoms with Gasteiger partial charge in [0.2, 0.25) is 0 Å². The number of ether oxygens (including phenoxy) is 1. The minimum atomic E-state index is 0.803. The summed E-state index contributed by atoms with van der Waals surface area (Å²) in [5.41, 5.74) is 5.87. The highest BCUT2D eigenvalue weighted by Crippen LogP contribution is 2.39. The molecule has 0 radical (unpaired) electrons. The summed E-state index contributed by atoms with van der Waals surface area (Å²) in [7, 11) is 0. The standard InChI is InChI=1S/C11H21NO/c12-8-11(9-2-1-3-9)10-4-6-13-7-5-10/h9-11H,1-8,12H2. The van der Waals surface area contributed by atoms with Gasteiger partial charge in [0.1, 0.15) is 0 Å². The van der Waals surface area contributed by atoms with E-state index in [2.05, 4.69) is 0 Å². The second kappa shape index (κ2) is 4.43. The lowest BCUT2D eigenvalue weighted by Gasteiger charge is -2.39. The van der Waals surface area contributed by atoms with E-state index in [1.807, 2.05) is 0 Å². The molecule has 1 atom stereocenters. The molecule has 13 heavy (non-hydrogen) atoms.